The van der Waals surface area contributed by atoms with E-state index >= 15 is 0 Å². The minimum absolute atomic E-state index is 0.00471. The Kier molecular flexibility index (Phi) is 4.88. The van der Waals surface area contributed by atoms with E-state index in [-0.39, 0.29) is 34.3 Å². The molecular formula is C15H18Cl2N2O3S. The molecule has 1 amide bonds. The molecule has 0 radical (unpaired) electrons. The number of amides is 1. The van der Waals surface area contributed by atoms with Gasteiger partial charge >= 0.3 is 0 Å². The zero-order valence-electron chi connectivity index (χ0n) is 12.5. The molecule has 1 heterocycles. The first-order chi connectivity index (χ1) is 10.9. The molecule has 1 saturated carbocycles. The molecule has 1 aliphatic heterocycles. The monoisotopic (exact) mass is 376 g/mol. The lowest BCUT2D eigenvalue weighted by Gasteiger charge is -2.31. The Balaban J connectivity index is 1.79. The predicted octanol–water partition coefficient (Wildman–Crippen LogP) is 2.67. The van der Waals surface area contributed by atoms with Gasteiger partial charge in [0.25, 0.3) is 0 Å². The van der Waals surface area contributed by atoms with E-state index in [1.807, 2.05) is 0 Å². The summed E-state index contributed by atoms with van der Waals surface area (Å²) >= 11 is 11.9. The third-order valence-electron chi connectivity index (χ3n) is 4.19. The molecule has 126 valence electrons. The summed E-state index contributed by atoms with van der Waals surface area (Å²) in [6.45, 7) is 0.572. The van der Waals surface area contributed by atoms with E-state index in [0.29, 0.717) is 24.4 Å². The van der Waals surface area contributed by atoms with Crippen molar-refractivity contribution in [1.82, 2.24) is 9.62 Å². The number of hydrogen-bond donors (Lipinski definition) is 1. The third-order valence-corrected chi connectivity index (χ3v) is 6.77. The van der Waals surface area contributed by atoms with Crippen LogP contribution in [0.1, 0.15) is 25.7 Å². The fourth-order valence-electron chi connectivity index (χ4n) is 2.74. The highest BCUT2D eigenvalue weighted by Crippen LogP contribution is 2.30. The van der Waals surface area contributed by atoms with Crippen LogP contribution in [0.2, 0.25) is 10.0 Å². The van der Waals surface area contributed by atoms with Gasteiger partial charge in [0.2, 0.25) is 15.9 Å². The van der Waals surface area contributed by atoms with Crippen LogP contribution in [0, 0.1) is 5.92 Å². The fraction of sp³-hybridized carbons (Fsp3) is 0.533. The van der Waals surface area contributed by atoms with Crippen LogP contribution < -0.4 is 5.32 Å². The second kappa shape index (κ2) is 6.59. The summed E-state index contributed by atoms with van der Waals surface area (Å²) in [5, 5.41) is 3.40. The summed E-state index contributed by atoms with van der Waals surface area (Å²) in [5.41, 5.74) is 0. The Bertz CT molecular complexity index is 719. The number of sulfonamides is 1. The number of halogens is 2. The van der Waals surface area contributed by atoms with Crippen molar-refractivity contribution in [2.24, 2.45) is 5.92 Å². The van der Waals surface area contributed by atoms with Crippen LogP contribution in [0.25, 0.3) is 0 Å². The molecule has 2 fully saturated rings. The molecule has 2 aliphatic rings. The average Bonchev–Trinajstić information content (AvgIpc) is 3.33. The molecule has 1 aliphatic carbocycles. The van der Waals surface area contributed by atoms with Gasteiger partial charge in [-0.2, -0.15) is 4.31 Å². The van der Waals surface area contributed by atoms with Crippen molar-refractivity contribution in [2.75, 3.05) is 13.1 Å². The number of piperidine rings is 1. The Morgan fingerprint density at radius 2 is 1.96 bits per heavy atom. The number of rotatable bonds is 4. The van der Waals surface area contributed by atoms with E-state index in [2.05, 4.69) is 5.32 Å². The SMILES string of the molecule is O=C(NC1CC1)[C@H]1CCCN(S(=O)(=O)c2cc(Cl)ccc2Cl)C1. The normalized spacial score (nSPS) is 22.8. The van der Waals surface area contributed by atoms with Crippen LogP contribution in [-0.4, -0.2) is 37.8 Å². The van der Waals surface area contributed by atoms with Crippen molar-refractivity contribution in [3.05, 3.63) is 28.2 Å². The van der Waals surface area contributed by atoms with E-state index in [4.69, 9.17) is 23.2 Å². The Morgan fingerprint density at radius 3 is 2.65 bits per heavy atom. The van der Waals surface area contributed by atoms with Gasteiger partial charge in [0.15, 0.2) is 0 Å². The largest absolute Gasteiger partial charge is 0.353 e. The molecule has 0 aromatic heterocycles. The van der Waals surface area contributed by atoms with Crippen molar-refractivity contribution in [1.29, 1.82) is 0 Å². The second-order valence-corrected chi connectivity index (χ2v) is 8.81. The molecule has 1 N–H and O–H groups in total. The van der Waals surface area contributed by atoms with Gasteiger partial charge in [0.05, 0.1) is 10.9 Å². The quantitative estimate of drug-likeness (QED) is 0.878. The van der Waals surface area contributed by atoms with Crippen LogP contribution in [0.5, 0.6) is 0 Å². The number of carbonyl (C=O) groups is 1. The standard InChI is InChI=1S/C15H18Cl2N2O3S/c16-11-3-6-13(17)14(8-11)23(21,22)19-7-1-2-10(9-19)15(20)18-12-4-5-12/h3,6,8,10,12H,1-2,4-5,7,9H2,(H,18,20)/t10-/m0/s1. The van der Waals surface area contributed by atoms with Gasteiger partial charge in [-0.1, -0.05) is 23.2 Å². The summed E-state index contributed by atoms with van der Waals surface area (Å²) in [4.78, 5) is 12.2. The molecule has 0 spiro atoms. The van der Waals surface area contributed by atoms with E-state index in [1.165, 1.54) is 16.4 Å². The fourth-order valence-corrected chi connectivity index (χ4v) is 5.00. The highest BCUT2D eigenvalue weighted by atomic mass is 35.5. The van der Waals surface area contributed by atoms with Crippen molar-refractivity contribution in [3.63, 3.8) is 0 Å². The van der Waals surface area contributed by atoms with Crippen LogP contribution in [0.3, 0.4) is 0 Å². The average molecular weight is 377 g/mol. The summed E-state index contributed by atoms with van der Waals surface area (Å²) in [6.07, 6.45) is 3.38. The first kappa shape index (κ1) is 17.0. The second-order valence-electron chi connectivity index (χ2n) is 6.06. The first-order valence-corrected chi connectivity index (χ1v) is 9.83. The lowest BCUT2D eigenvalue weighted by Crippen LogP contribution is -2.45. The number of hydrogen-bond acceptors (Lipinski definition) is 3. The zero-order chi connectivity index (χ0) is 16.6. The maximum Gasteiger partial charge on any atom is 0.244 e. The van der Waals surface area contributed by atoms with Crippen LogP contribution in [-0.2, 0) is 14.8 Å². The van der Waals surface area contributed by atoms with Gasteiger partial charge in [-0.3, -0.25) is 4.79 Å². The van der Waals surface area contributed by atoms with Crippen molar-refractivity contribution >= 4 is 39.1 Å². The van der Waals surface area contributed by atoms with Crippen LogP contribution in [0.15, 0.2) is 23.1 Å². The molecule has 0 unspecified atom stereocenters. The number of carbonyl (C=O) groups excluding carboxylic acids is 1. The number of nitrogens with zero attached hydrogens (tertiary/aromatic N) is 1. The Hall–Kier alpha value is -0.820. The number of benzene rings is 1. The van der Waals surface area contributed by atoms with Crippen LogP contribution in [0.4, 0.5) is 0 Å². The lowest BCUT2D eigenvalue weighted by molar-refractivity contribution is -0.126. The van der Waals surface area contributed by atoms with Gasteiger partial charge in [-0.05, 0) is 43.9 Å². The van der Waals surface area contributed by atoms with Gasteiger partial charge < -0.3 is 5.32 Å². The van der Waals surface area contributed by atoms with Gasteiger partial charge in [0, 0.05) is 24.2 Å². The van der Waals surface area contributed by atoms with E-state index in [0.717, 1.165) is 12.8 Å². The molecule has 3 rings (SSSR count). The maximum atomic E-state index is 12.8. The molecule has 1 aromatic carbocycles. The Morgan fingerprint density at radius 1 is 1.22 bits per heavy atom. The van der Waals surface area contributed by atoms with E-state index < -0.39 is 10.0 Å². The third kappa shape index (κ3) is 3.82. The topological polar surface area (TPSA) is 66.5 Å². The molecule has 8 heteroatoms. The molecule has 1 saturated heterocycles. The van der Waals surface area contributed by atoms with Crippen molar-refractivity contribution in [3.8, 4) is 0 Å². The number of nitrogens with one attached hydrogen (secondary N) is 1. The van der Waals surface area contributed by atoms with E-state index in [1.54, 1.807) is 6.07 Å². The van der Waals surface area contributed by atoms with Crippen molar-refractivity contribution < 1.29 is 13.2 Å². The molecule has 5 nitrogen and oxygen atoms in total. The summed E-state index contributed by atoms with van der Waals surface area (Å²) in [6, 6.07) is 4.65. The van der Waals surface area contributed by atoms with Crippen LogP contribution >= 0.6 is 23.2 Å². The van der Waals surface area contributed by atoms with Crippen molar-refractivity contribution in [2.45, 2.75) is 36.6 Å². The molecule has 0 bridgehead atoms. The van der Waals surface area contributed by atoms with E-state index in [9.17, 15) is 13.2 Å². The molecule has 23 heavy (non-hydrogen) atoms. The summed E-state index contributed by atoms with van der Waals surface area (Å²) < 4.78 is 27.0. The predicted molar refractivity (Wildman–Crippen MR) is 89.1 cm³/mol. The Labute approximate surface area is 146 Å². The van der Waals surface area contributed by atoms with Gasteiger partial charge in [-0.15, -0.1) is 0 Å². The smallest absolute Gasteiger partial charge is 0.244 e. The molecular weight excluding hydrogens is 359 g/mol. The van der Waals surface area contributed by atoms with Gasteiger partial charge in [0.1, 0.15) is 4.90 Å². The first-order valence-electron chi connectivity index (χ1n) is 7.63. The molecule has 1 aromatic rings. The summed E-state index contributed by atoms with van der Waals surface area (Å²) in [5.74, 6) is -0.360. The zero-order valence-corrected chi connectivity index (χ0v) is 14.8. The lowest BCUT2D eigenvalue weighted by atomic mass is 9.99. The highest BCUT2D eigenvalue weighted by molar-refractivity contribution is 7.89. The van der Waals surface area contributed by atoms with Gasteiger partial charge in [-0.25, -0.2) is 8.42 Å². The highest BCUT2D eigenvalue weighted by Gasteiger charge is 2.36. The maximum absolute atomic E-state index is 12.8. The summed E-state index contributed by atoms with van der Waals surface area (Å²) in [7, 11) is -3.76. The molecule has 1 atom stereocenters. The minimum Gasteiger partial charge on any atom is -0.353 e. The minimum atomic E-state index is -3.76.